The molecule has 0 spiro atoms. The SMILES string of the molecule is Cc1ccc(C(=O)N2CCN(c3nnc(Cc4ccc(F)cc4)s3)CC2)cc1F. The lowest BCUT2D eigenvalue weighted by Gasteiger charge is -2.34. The van der Waals surface area contributed by atoms with Gasteiger partial charge in [0.1, 0.15) is 16.6 Å². The Balaban J connectivity index is 1.36. The van der Waals surface area contributed by atoms with Crippen molar-refractivity contribution in [3.63, 3.8) is 0 Å². The van der Waals surface area contributed by atoms with Crippen molar-refractivity contribution in [3.8, 4) is 0 Å². The molecular formula is C21H20F2N4OS. The van der Waals surface area contributed by atoms with Gasteiger partial charge in [0.2, 0.25) is 5.13 Å². The van der Waals surface area contributed by atoms with Crippen molar-refractivity contribution >= 4 is 22.4 Å². The number of anilines is 1. The average Bonchev–Trinajstić information content (AvgIpc) is 3.20. The van der Waals surface area contributed by atoms with E-state index in [2.05, 4.69) is 15.1 Å². The lowest BCUT2D eigenvalue weighted by molar-refractivity contribution is 0.0746. The molecule has 3 aromatic rings. The second-order valence-corrected chi connectivity index (χ2v) is 8.07. The molecule has 1 fully saturated rings. The summed E-state index contributed by atoms with van der Waals surface area (Å²) >= 11 is 1.50. The maximum Gasteiger partial charge on any atom is 0.254 e. The molecule has 0 atom stereocenters. The molecule has 29 heavy (non-hydrogen) atoms. The Morgan fingerprint density at radius 3 is 2.45 bits per heavy atom. The van der Waals surface area contributed by atoms with Gasteiger partial charge in [0.05, 0.1) is 0 Å². The van der Waals surface area contributed by atoms with Gasteiger partial charge in [-0.1, -0.05) is 29.5 Å². The second-order valence-electron chi connectivity index (χ2n) is 7.02. The molecule has 1 aliphatic rings. The van der Waals surface area contributed by atoms with Gasteiger partial charge in [-0.15, -0.1) is 10.2 Å². The van der Waals surface area contributed by atoms with Crippen LogP contribution in [0.25, 0.3) is 0 Å². The summed E-state index contributed by atoms with van der Waals surface area (Å²) in [6, 6.07) is 11.0. The molecule has 0 bridgehead atoms. The van der Waals surface area contributed by atoms with E-state index in [1.165, 1.54) is 29.5 Å². The van der Waals surface area contributed by atoms with Crippen molar-refractivity contribution in [2.75, 3.05) is 31.1 Å². The predicted octanol–water partition coefficient (Wildman–Crippen LogP) is 3.68. The number of halogens is 2. The normalized spacial score (nSPS) is 14.3. The van der Waals surface area contributed by atoms with Crippen LogP contribution in [-0.2, 0) is 6.42 Å². The number of amides is 1. The third-order valence-electron chi connectivity index (χ3n) is 4.98. The van der Waals surface area contributed by atoms with E-state index in [0.717, 1.165) is 15.7 Å². The molecule has 150 valence electrons. The molecule has 2 heterocycles. The van der Waals surface area contributed by atoms with Gasteiger partial charge in [0.25, 0.3) is 5.91 Å². The Hall–Kier alpha value is -2.87. The molecule has 8 heteroatoms. The van der Waals surface area contributed by atoms with Crippen LogP contribution >= 0.6 is 11.3 Å². The summed E-state index contributed by atoms with van der Waals surface area (Å²) in [6.07, 6.45) is 0.607. The zero-order valence-corrected chi connectivity index (χ0v) is 16.8. The lowest BCUT2D eigenvalue weighted by Crippen LogP contribution is -2.48. The number of hydrogen-bond donors (Lipinski definition) is 0. The predicted molar refractivity (Wildman–Crippen MR) is 108 cm³/mol. The van der Waals surface area contributed by atoms with Crippen LogP contribution in [-0.4, -0.2) is 47.2 Å². The first-order valence-electron chi connectivity index (χ1n) is 9.37. The molecule has 1 aliphatic heterocycles. The minimum atomic E-state index is -0.364. The fourth-order valence-electron chi connectivity index (χ4n) is 3.23. The van der Waals surface area contributed by atoms with Gasteiger partial charge in [0, 0.05) is 38.2 Å². The van der Waals surface area contributed by atoms with E-state index in [-0.39, 0.29) is 17.5 Å². The number of aryl methyl sites for hydroxylation is 1. The van der Waals surface area contributed by atoms with Gasteiger partial charge in [-0.3, -0.25) is 4.79 Å². The Labute approximate surface area is 171 Å². The topological polar surface area (TPSA) is 49.3 Å². The van der Waals surface area contributed by atoms with Gasteiger partial charge >= 0.3 is 0 Å². The standard InChI is InChI=1S/C21H20F2N4OS/c1-14-2-5-16(13-18(14)23)20(28)26-8-10-27(11-9-26)21-25-24-19(29-21)12-15-3-6-17(22)7-4-15/h2-7,13H,8-12H2,1H3. The number of piperazine rings is 1. The first-order valence-corrected chi connectivity index (χ1v) is 10.2. The highest BCUT2D eigenvalue weighted by Gasteiger charge is 2.24. The third kappa shape index (κ3) is 4.42. The molecule has 0 radical (unpaired) electrons. The van der Waals surface area contributed by atoms with Crippen LogP contribution in [0.4, 0.5) is 13.9 Å². The maximum atomic E-state index is 13.8. The van der Waals surface area contributed by atoms with Gasteiger partial charge in [-0.25, -0.2) is 8.78 Å². The lowest BCUT2D eigenvalue weighted by atomic mass is 10.1. The summed E-state index contributed by atoms with van der Waals surface area (Å²) < 4.78 is 26.8. The van der Waals surface area contributed by atoms with Gasteiger partial charge in [-0.05, 0) is 42.3 Å². The number of carbonyl (C=O) groups is 1. The molecule has 1 aromatic heterocycles. The van der Waals surface area contributed by atoms with E-state index < -0.39 is 0 Å². The summed E-state index contributed by atoms with van der Waals surface area (Å²) in [5.74, 6) is -0.776. The number of benzene rings is 2. The number of aromatic nitrogens is 2. The Morgan fingerprint density at radius 1 is 1.03 bits per heavy atom. The second kappa shape index (κ2) is 8.24. The van der Waals surface area contributed by atoms with Crippen molar-refractivity contribution in [3.05, 3.63) is 75.8 Å². The van der Waals surface area contributed by atoms with Crippen LogP contribution in [0.15, 0.2) is 42.5 Å². The van der Waals surface area contributed by atoms with Crippen molar-refractivity contribution in [2.24, 2.45) is 0 Å². The summed E-state index contributed by atoms with van der Waals surface area (Å²) in [5, 5.41) is 10.2. The Morgan fingerprint density at radius 2 is 1.76 bits per heavy atom. The molecule has 2 aromatic carbocycles. The first-order chi connectivity index (χ1) is 14.0. The highest BCUT2D eigenvalue weighted by atomic mass is 32.1. The van der Waals surface area contributed by atoms with Crippen LogP contribution in [0.5, 0.6) is 0 Å². The molecule has 1 amide bonds. The van der Waals surface area contributed by atoms with Gasteiger partial charge < -0.3 is 9.80 Å². The summed E-state index contributed by atoms with van der Waals surface area (Å²) in [5.41, 5.74) is 1.88. The van der Waals surface area contributed by atoms with Crippen LogP contribution in [0, 0.1) is 18.6 Å². The van der Waals surface area contributed by atoms with E-state index in [9.17, 15) is 13.6 Å². The molecule has 1 saturated heterocycles. The number of hydrogen-bond acceptors (Lipinski definition) is 5. The molecule has 0 aliphatic carbocycles. The van der Waals surface area contributed by atoms with Gasteiger partial charge in [-0.2, -0.15) is 0 Å². The highest BCUT2D eigenvalue weighted by molar-refractivity contribution is 7.15. The van der Waals surface area contributed by atoms with Crippen molar-refractivity contribution in [1.29, 1.82) is 0 Å². The molecular weight excluding hydrogens is 394 g/mol. The first kappa shape index (κ1) is 19.4. The summed E-state index contributed by atoms with van der Waals surface area (Å²) in [6.45, 7) is 4.05. The van der Waals surface area contributed by atoms with Crippen molar-refractivity contribution in [2.45, 2.75) is 13.3 Å². The largest absolute Gasteiger partial charge is 0.343 e. The fourth-order valence-corrected chi connectivity index (χ4v) is 4.15. The molecule has 5 nitrogen and oxygen atoms in total. The monoisotopic (exact) mass is 414 g/mol. The maximum absolute atomic E-state index is 13.8. The van der Waals surface area contributed by atoms with Crippen molar-refractivity contribution in [1.82, 2.24) is 15.1 Å². The van der Waals surface area contributed by atoms with Crippen LogP contribution < -0.4 is 4.90 Å². The smallest absolute Gasteiger partial charge is 0.254 e. The number of nitrogens with zero attached hydrogens (tertiary/aromatic N) is 4. The summed E-state index contributed by atoms with van der Waals surface area (Å²) in [7, 11) is 0. The van der Waals surface area contributed by atoms with Crippen LogP contribution in [0.3, 0.4) is 0 Å². The van der Waals surface area contributed by atoms with Crippen LogP contribution in [0.1, 0.15) is 26.5 Å². The van der Waals surface area contributed by atoms with E-state index in [0.29, 0.717) is 43.7 Å². The van der Waals surface area contributed by atoms with Crippen LogP contribution in [0.2, 0.25) is 0 Å². The average molecular weight is 414 g/mol. The Kier molecular flexibility index (Phi) is 5.53. The molecule has 4 rings (SSSR count). The fraction of sp³-hybridized carbons (Fsp3) is 0.286. The molecule has 0 saturated carbocycles. The number of rotatable bonds is 4. The summed E-state index contributed by atoms with van der Waals surface area (Å²) in [4.78, 5) is 16.5. The van der Waals surface area contributed by atoms with E-state index in [1.807, 2.05) is 0 Å². The van der Waals surface area contributed by atoms with E-state index >= 15 is 0 Å². The van der Waals surface area contributed by atoms with Gasteiger partial charge in [0.15, 0.2) is 0 Å². The quantitative estimate of drug-likeness (QED) is 0.654. The Bertz CT molecular complexity index is 1010. The highest BCUT2D eigenvalue weighted by Crippen LogP contribution is 2.24. The number of carbonyl (C=O) groups excluding carboxylic acids is 1. The third-order valence-corrected chi connectivity index (χ3v) is 5.97. The van der Waals surface area contributed by atoms with Crippen molar-refractivity contribution < 1.29 is 13.6 Å². The van der Waals surface area contributed by atoms with E-state index in [1.54, 1.807) is 36.1 Å². The zero-order valence-electron chi connectivity index (χ0n) is 15.9. The minimum absolute atomic E-state index is 0.155. The minimum Gasteiger partial charge on any atom is -0.343 e. The molecule has 0 N–H and O–H groups in total. The zero-order chi connectivity index (χ0) is 20.4. The molecule has 0 unspecified atom stereocenters. The van der Waals surface area contributed by atoms with E-state index in [4.69, 9.17) is 0 Å².